The van der Waals surface area contributed by atoms with Crippen molar-refractivity contribution in [2.75, 3.05) is 46.4 Å². The topological polar surface area (TPSA) is 85.1 Å². The van der Waals surface area contributed by atoms with Crippen molar-refractivity contribution in [3.63, 3.8) is 0 Å². The van der Waals surface area contributed by atoms with E-state index in [1.165, 1.54) is 0 Å². The Morgan fingerprint density at radius 2 is 1.91 bits per heavy atom. The molecular formula is C14H26ClN3O4. The smallest absolute Gasteiger partial charge is 0.251 e. The monoisotopic (exact) mass is 335 g/mol. The third-order valence-electron chi connectivity index (χ3n) is 4.15. The molecule has 2 unspecified atom stereocenters. The first-order valence-corrected chi connectivity index (χ1v) is 7.56. The average molecular weight is 336 g/mol. The molecule has 7 nitrogen and oxygen atoms in total. The second kappa shape index (κ2) is 9.29. The molecule has 2 aliphatic heterocycles. The van der Waals surface area contributed by atoms with Crippen molar-refractivity contribution >= 4 is 24.2 Å². The van der Waals surface area contributed by atoms with Gasteiger partial charge in [0.25, 0.3) is 5.91 Å². The van der Waals surface area contributed by atoms with Crippen molar-refractivity contribution in [3.05, 3.63) is 0 Å². The Morgan fingerprint density at radius 1 is 1.27 bits per heavy atom. The number of carbonyl (C=O) groups is 2. The summed E-state index contributed by atoms with van der Waals surface area (Å²) >= 11 is 0. The number of nitrogens with two attached hydrogens (primary N) is 1. The number of amides is 2. The summed E-state index contributed by atoms with van der Waals surface area (Å²) in [5.74, 6) is 0.104. The van der Waals surface area contributed by atoms with Gasteiger partial charge in [0.1, 0.15) is 6.10 Å². The second-order valence-electron chi connectivity index (χ2n) is 5.51. The van der Waals surface area contributed by atoms with Crippen LogP contribution in [0.15, 0.2) is 0 Å². The summed E-state index contributed by atoms with van der Waals surface area (Å²) in [5, 5.41) is 0. The SMILES string of the molecule is COC(CN)CC(=O)N1CCN(C(=O)C2CCCO2)CC1.Cl. The summed E-state index contributed by atoms with van der Waals surface area (Å²) in [6.45, 7) is 3.29. The van der Waals surface area contributed by atoms with Crippen LogP contribution in [0.2, 0.25) is 0 Å². The molecule has 0 bridgehead atoms. The molecule has 2 aliphatic rings. The Balaban J connectivity index is 0.00000242. The minimum Gasteiger partial charge on any atom is -0.380 e. The van der Waals surface area contributed by atoms with Gasteiger partial charge in [0.2, 0.25) is 5.91 Å². The van der Waals surface area contributed by atoms with Crippen LogP contribution >= 0.6 is 12.4 Å². The van der Waals surface area contributed by atoms with Crippen molar-refractivity contribution in [3.8, 4) is 0 Å². The molecule has 8 heteroatoms. The van der Waals surface area contributed by atoms with E-state index in [0.29, 0.717) is 45.8 Å². The number of hydrogen-bond donors (Lipinski definition) is 1. The van der Waals surface area contributed by atoms with Gasteiger partial charge in [-0.1, -0.05) is 0 Å². The van der Waals surface area contributed by atoms with E-state index in [1.807, 2.05) is 0 Å². The number of carbonyl (C=O) groups excluding carboxylic acids is 2. The summed E-state index contributed by atoms with van der Waals surface area (Å²) in [6.07, 6.45) is 1.55. The first-order chi connectivity index (χ1) is 10.2. The molecule has 128 valence electrons. The normalized spacial score (nSPS) is 23.1. The summed E-state index contributed by atoms with van der Waals surface area (Å²) in [7, 11) is 1.56. The molecule has 2 fully saturated rings. The zero-order valence-electron chi connectivity index (χ0n) is 13.0. The van der Waals surface area contributed by atoms with Gasteiger partial charge in [-0.3, -0.25) is 9.59 Å². The first kappa shape index (κ1) is 19.2. The Kier molecular flexibility index (Phi) is 8.09. The molecule has 2 amide bonds. The number of halogens is 1. The lowest BCUT2D eigenvalue weighted by Gasteiger charge is -2.36. The lowest BCUT2D eigenvalue weighted by Crippen LogP contribution is -2.53. The fraction of sp³-hybridized carbons (Fsp3) is 0.857. The maximum Gasteiger partial charge on any atom is 0.251 e. The van der Waals surface area contributed by atoms with Crippen molar-refractivity contribution in [1.82, 2.24) is 9.80 Å². The number of methoxy groups -OCH3 is 1. The summed E-state index contributed by atoms with van der Waals surface area (Å²) in [6, 6.07) is 0. The predicted molar refractivity (Wildman–Crippen MR) is 83.9 cm³/mol. The maximum atomic E-state index is 12.2. The molecular weight excluding hydrogens is 310 g/mol. The van der Waals surface area contributed by atoms with E-state index in [0.717, 1.165) is 12.8 Å². The van der Waals surface area contributed by atoms with Crippen LogP contribution in [-0.4, -0.2) is 80.3 Å². The largest absolute Gasteiger partial charge is 0.380 e. The van der Waals surface area contributed by atoms with Gasteiger partial charge in [-0.15, -0.1) is 12.4 Å². The van der Waals surface area contributed by atoms with Gasteiger partial charge in [0.15, 0.2) is 0 Å². The van der Waals surface area contributed by atoms with E-state index in [2.05, 4.69) is 0 Å². The molecule has 2 atom stereocenters. The molecule has 2 N–H and O–H groups in total. The van der Waals surface area contributed by atoms with Gasteiger partial charge in [0, 0.05) is 46.4 Å². The van der Waals surface area contributed by atoms with Crippen LogP contribution < -0.4 is 5.73 Å². The molecule has 2 rings (SSSR count). The molecule has 0 saturated carbocycles. The van der Waals surface area contributed by atoms with Crippen molar-refractivity contribution < 1.29 is 19.1 Å². The van der Waals surface area contributed by atoms with Gasteiger partial charge in [0.05, 0.1) is 12.5 Å². The molecule has 0 spiro atoms. The average Bonchev–Trinajstić information content (AvgIpc) is 3.06. The number of hydrogen-bond acceptors (Lipinski definition) is 5. The predicted octanol–water partition coefficient (Wildman–Crippen LogP) is -0.378. The maximum absolute atomic E-state index is 12.2. The van der Waals surface area contributed by atoms with E-state index < -0.39 is 0 Å². The van der Waals surface area contributed by atoms with Gasteiger partial charge < -0.3 is 25.0 Å². The summed E-state index contributed by atoms with van der Waals surface area (Å²) in [4.78, 5) is 27.9. The Labute approximate surface area is 137 Å². The van der Waals surface area contributed by atoms with E-state index in [9.17, 15) is 9.59 Å². The third kappa shape index (κ3) is 4.81. The van der Waals surface area contributed by atoms with E-state index in [1.54, 1.807) is 16.9 Å². The Hall–Kier alpha value is -0.890. The third-order valence-corrected chi connectivity index (χ3v) is 4.15. The van der Waals surface area contributed by atoms with Crippen molar-refractivity contribution in [2.24, 2.45) is 5.73 Å². The van der Waals surface area contributed by atoms with E-state index >= 15 is 0 Å². The van der Waals surface area contributed by atoms with Crippen LogP contribution in [-0.2, 0) is 19.1 Å². The molecule has 2 heterocycles. The summed E-state index contributed by atoms with van der Waals surface area (Å²) < 4.78 is 10.6. The number of piperazine rings is 1. The Morgan fingerprint density at radius 3 is 2.41 bits per heavy atom. The van der Waals surface area contributed by atoms with Gasteiger partial charge >= 0.3 is 0 Å². The van der Waals surface area contributed by atoms with Crippen LogP contribution in [0.5, 0.6) is 0 Å². The summed E-state index contributed by atoms with van der Waals surface area (Å²) in [5.41, 5.74) is 5.53. The second-order valence-corrected chi connectivity index (χ2v) is 5.51. The van der Waals surface area contributed by atoms with Crippen molar-refractivity contribution in [2.45, 2.75) is 31.5 Å². The number of rotatable bonds is 5. The van der Waals surface area contributed by atoms with Crippen LogP contribution in [0.3, 0.4) is 0 Å². The highest BCUT2D eigenvalue weighted by Crippen LogP contribution is 2.16. The molecule has 0 radical (unpaired) electrons. The fourth-order valence-corrected chi connectivity index (χ4v) is 2.74. The quantitative estimate of drug-likeness (QED) is 0.740. The number of nitrogens with zero attached hydrogens (tertiary/aromatic N) is 2. The lowest BCUT2D eigenvalue weighted by molar-refractivity contribution is -0.146. The molecule has 0 aliphatic carbocycles. The Bertz CT molecular complexity index is 365. The number of ether oxygens (including phenoxy) is 2. The molecule has 22 heavy (non-hydrogen) atoms. The molecule has 0 aromatic heterocycles. The zero-order chi connectivity index (χ0) is 15.2. The first-order valence-electron chi connectivity index (χ1n) is 7.56. The minimum absolute atomic E-state index is 0. The zero-order valence-corrected chi connectivity index (χ0v) is 13.8. The standard InChI is InChI=1S/C14H25N3O4.ClH/c1-20-11(10-15)9-13(18)16-4-6-17(7-5-16)14(19)12-3-2-8-21-12;/h11-12H,2-10,15H2,1H3;1H. The van der Waals surface area contributed by atoms with Gasteiger partial charge in [-0.05, 0) is 12.8 Å². The lowest BCUT2D eigenvalue weighted by atomic mass is 10.2. The van der Waals surface area contributed by atoms with Gasteiger partial charge in [-0.2, -0.15) is 0 Å². The van der Waals surface area contributed by atoms with Crippen LogP contribution in [0, 0.1) is 0 Å². The van der Waals surface area contributed by atoms with E-state index in [-0.39, 0.29) is 36.4 Å². The highest BCUT2D eigenvalue weighted by Gasteiger charge is 2.31. The van der Waals surface area contributed by atoms with Crippen LogP contribution in [0.4, 0.5) is 0 Å². The molecule has 0 aromatic rings. The molecule has 0 aromatic carbocycles. The molecule has 2 saturated heterocycles. The fourth-order valence-electron chi connectivity index (χ4n) is 2.74. The highest BCUT2D eigenvalue weighted by atomic mass is 35.5. The van der Waals surface area contributed by atoms with Crippen molar-refractivity contribution in [1.29, 1.82) is 0 Å². The minimum atomic E-state index is -0.276. The highest BCUT2D eigenvalue weighted by molar-refractivity contribution is 5.85. The van der Waals surface area contributed by atoms with Crippen LogP contribution in [0.25, 0.3) is 0 Å². The van der Waals surface area contributed by atoms with Crippen LogP contribution in [0.1, 0.15) is 19.3 Å². The van der Waals surface area contributed by atoms with Gasteiger partial charge in [-0.25, -0.2) is 0 Å². The van der Waals surface area contributed by atoms with E-state index in [4.69, 9.17) is 15.2 Å².